The van der Waals surface area contributed by atoms with Gasteiger partial charge in [-0.25, -0.2) is 0 Å². The molecule has 0 saturated heterocycles. The largest absolute Gasteiger partial charge is 0.469 e. The van der Waals surface area contributed by atoms with Crippen LogP contribution in [0.1, 0.15) is 24.9 Å². The maximum atomic E-state index is 12.1. The van der Waals surface area contributed by atoms with Crippen molar-refractivity contribution in [1.29, 1.82) is 0 Å². The molecular weight excluding hydrogens is 282 g/mol. The second-order valence-corrected chi connectivity index (χ2v) is 6.08. The zero-order valence-electron chi connectivity index (χ0n) is 11.7. The molecule has 0 aromatic carbocycles. The van der Waals surface area contributed by atoms with Crippen LogP contribution in [-0.4, -0.2) is 44.4 Å². The standard InChI is InChI=1S/C12H19N3O4S/c1-10(11-4-7-13-8-5-11)14-20(17,18)15(2)9-6-12(16)19-3/h4-5,7-8,10,14H,6,9H2,1-3H3/t10-/m1/s1. The summed E-state index contributed by atoms with van der Waals surface area (Å²) in [5, 5.41) is 0. The van der Waals surface area contributed by atoms with E-state index in [4.69, 9.17) is 0 Å². The molecule has 0 fully saturated rings. The molecule has 0 unspecified atom stereocenters. The van der Waals surface area contributed by atoms with Crippen LogP contribution < -0.4 is 4.72 Å². The topological polar surface area (TPSA) is 88.6 Å². The second-order valence-electron chi connectivity index (χ2n) is 4.27. The molecule has 0 bridgehead atoms. The van der Waals surface area contributed by atoms with Gasteiger partial charge in [0, 0.05) is 32.0 Å². The van der Waals surface area contributed by atoms with E-state index in [0.29, 0.717) is 0 Å². The van der Waals surface area contributed by atoms with Gasteiger partial charge in [0.1, 0.15) is 0 Å². The van der Waals surface area contributed by atoms with Gasteiger partial charge < -0.3 is 4.74 Å². The van der Waals surface area contributed by atoms with E-state index in [9.17, 15) is 13.2 Å². The average Bonchev–Trinajstić information content (AvgIpc) is 2.44. The van der Waals surface area contributed by atoms with E-state index in [2.05, 4.69) is 14.4 Å². The Morgan fingerprint density at radius 1 is 1.45 bits per heavy atom. The molecule has 1 atom stereocenters. The highest BCUT2D eigenvalue weighted by molar-refractivity contribution is 7.87. The normalized spacial score (nSPS) is 13.2. The zero-order chi connectivity index (χ0) is 15.2. The number of carbonyl (C=O) groups is 1. The molecule has 112 valence electrons. The fourth-order valence-corrected chi connectivity index (χ4v) is 2.60. The highest BCUT2D eigenvalue weighted by atomic mass is 32.2. The first-order valence-corrected chi connectivity index (χ1v) is 7.51. The molecule has 0 aliphatic carbocycles. The molecule has 20 heavy (non-hydrogen) atoms. The van der Waals surface area contributed by atoms with Crippen LogP contribution in [0.4, 0.5) is 0 Å². The van der Waals surface area contributed by atoms with Gasteiger partial charge in [0.05, 0.1) is 13.5 Å². The van der Waals surface area contributed by atoms with Crippen LogP contribution in [0.5, 0.6) is 0 Å². The number of hydrogen-bond donors (Lipinski definition) is 1. The van der Waals surface area contributed by atoms with Gasteiger partial charge in [-0.2, -0.15) is 17.4 Å². The first-order valence-electron chi connectivity index (χ1n) is 6.07. The Morgan fingerprint density at radius 2 is 2.05 bits per heavy atom. The van der Waals surface area contributed by atoms with E-state index in [-0.39, 0.29) is 19.0 Å². The van der Waals surface area contributed by atoms with Crippen molar-refractivity contribution in [3.8, 4) is 0 Å². The Labute approximate surface area is 119 Å². The Morgan fingerprint density at radius 3 is 2.60 bits per heavy atom. The van der Waals surface area contributed by atoms with E-state index in [1.807, 2.05) is 0 Å². The molecule has 7 nitrogen and oxygen atoms in total. The third-order valence-corrected chi connectivity index (χ3v) is 4.46. The third-order valence-electron chi connectivity index (χ3n) is 2.80. The smallest absolute Gasteiger partial charge is 0.306 e. The summed E-state index contributed by atoms with van der Waals surface area (Å²) in [5.74, 6) is -0.450. The van der Waals surface area contributed by atoms with Gasteiger partial charge in [-0.15, -0.1) is 0 Å². The number of esters is 1. The predicted octanol–water partition coefficient (Wildman–Crippen LogP) is 0.472. The Hall–Kier alpha value is -1.51. The summed E-state index contributed by atoms with van der Waals surface area (Å²) in [5.41, 5.74) is 0.810. The van der Waals surface area contributed by atoms with Crippen LogP contribution in [0, 0.1) is 0 Å². The first kappa shape index (κ1) is 16.5. The summed E-state index contributed by atoms with van der Waals surface area (Å²) in [6.45, 7) is 1.80. The molecule has 1 heterocycles. The molecule has 0 spiro atoms. The summed E-state index contributed by atoms with van der Waals surface area (Å²) < 4.78 is 32.2. The number of rotatable bonds is 7. The molecule has 1 N–H and O–H groups in total. The second kappa shape index (κ2) is 7.32. The molecule has 8 heteroatoms. The highest BCUT2D eigenvalue weighted by Crippen LogP contribution is 2.12. The van der Waals surface area contributed by atoms with Gasteiger partial charge >= 0.3 is 5.97 Å². The number of carbonyl (C=O) groups excluding carboxylic acids is 1. The molecule has 0 amide bonds. The Bertz CT molecular complexity index is 533. The third kappa shape index (κ3) is 4.87. The van der Waals surface area contributed by atoms with Gasteiger partial charge in [-0.05, 0) is 24.6 Å². The van der Waals surface area contributed by atoms with Gasteiger partial charge in [-0.3, -0.25) is 9.78 Å². The maximum absolute atomic E-state index is 12.1. The molecule has 1 aromatic rings. The van der Waals surface area contributed by atoms with Crippen LogP contribution in [0.25, 0.3) is 0 Å². The highest BCUT2D eigenvalue weighted by Gasteiger charge is 2.21. The summed E-state index contributed by atoms with van der Waals surface area (Å²) in [6.07, 6.45) is 3.21. The van der Waals surface area contributed by atoms with Crippen molar-refractivity contribution in [2.45, 2.75) is 19.4 Å². The molecule has 1 rings (SSSR count). The number of ether oxygens (including phenoxy) is 1. The van der Waals surface area contributed by atoms with Crippen molar-refractivity contribution in [2.24, 2.45) is 0 Å². The number of methoxy groups -OCH3 is 1. The van der Waals surface area contributed by atoms with Crippen molar-refractivity contribution in [2.75, 3.05) is 20.7 Å². The number of aromatic nitrogens is 1. The van der Waals surface area contributed by atoms with E-state index in [0.717, 1.165) is 9.87 Å². The lowest BCUT2D eigenvalue weighted by molar-refractivity contribution is -0.140. The van der Waals surface area contributed by atoms with Gasteiger partial charge in [0.2, 0.25) is 0 Å². The van der Waals surface area contributed by atoms with E-state index in [1.165, 1.54) is 14.2 Å². The van der Waals surface area contributed by atoms with Crippen molar-refractivity contribution >= 4 is 16.2 Å². The van der Waals surface area contributed by atoms with E-state index in [1.54, 1.807) is 31.5 Å². The van der Waals surface area contributed by atoms with Crippen LogP contribution in [0.3, 0.4) is 0 Å². The minimum absolute atomic E-state index is 0.0115. The van der Waals surface area contributed by atoms with Crippen LogP contribution in [0.15, 0.2) is 24.5 Å². The van der Waals surface area contributed by atoms with Gasteiger partial charge in [0.15, 0.2) is 0 Å². The Kier molecular flexibility index (Phi) is 6.05. The molecule has 0 aliphatic heterocycles. The summed E-state index contributed by atoms with van der Waals surface area (Å²) in [7, 11) is -0.985. The van der Waals surface area contributed by atoms with Crippen molar-refractivity contribution < 1.29 is 17.9 Å². The van der Waals surface area contributed by atoms with Crippen molar-refractivity contribution in [3.05, 3.63) is 30.1 Å². The first-order chi connectivity index (χ1) is 9.36. The fourth-order valence-electron chi connectivity index (χ4n) is 1.50. The minimum Gasteiger partial charge on any atom is -0.469 e. The van der Waals surface area contributed by atoms with Crippen molar-refractivity contribution in [3.63, 3.8) is 0 Å². The summed E-state index contributed by atoms with van der Waals surface area (Å²) >= 11 is 0. The molecule has 0 saturated carbocycles. The maximum Gasteiger partial charge on any atom is 0.306 e. The molecule has 1 aromatic heterocycles. The predicted molar refractivity (Wildman–Crippen MR) is 74.0 cm³/mol. The number of hydrogen-bond acceptors (Lipinski definition) is 5. The summed E-state index contributed by atoms with van der Waals surface area (Å²) in [4.78, 5) is 14.9. The number of nitrogens with zero attached hydrogens (tertiary/aromatic N) is 2. The van der Waals surface area contributed by atoms with E-state index >= 15 is 0 Å². The SMILES string of the molecule is COC(=O)CCN(C)S(=O)(=O)N[C@H](C)c1ccncc1. The quantitative estimate of drug-likeness (QED) is 0.740. The lowest BCUT2D eigenvalue weighted by Gasteiger charge is -2.20. The summed E-state index contributed by atoms with van der Waals surface area (Å²) in [6, 6.07) is 3.09. The number of nitrogens with one attached hydrogen (secondary N) is 1. The minimum atomic E-state index is -3.66. The van der Waals surface area contributed by atoms with Gasteiger partial charge in [-0.1, -0.05) is 0 Å². The van der Waals surface area contributed by atoms with Crippen LogP contribution >= 0.6 is 0 Å². The lowest BCUT2D eigenvalue weighted by atomic mass is 10.1. The Balaban J connectivity index is 2.62. The fraction of sp³-hybridized carbons (Fsp3) is 0.500. The number of pyridine rings is 1. The van der Waals surface area contributed by atoms with E-state index < -0.39 is 16.2 Å². The zero-order valence-corrected chi connectivity index (χ0v) is 12.6. The van der Waals surface area contributed by atoms with Gasteiger partial charge in [0.25, 0.3) is 10.2 Å². The molecular formula is C12H19N3O4S. The lowest BCUT2D eigenvalue weighted by Crippen LogP contribution is -2.40. The monoisotopic (exact) mass is 301 g/mol. The van der Waals surface area contributed by atoms with Crippen LogP contribution in [-0.2, 0) is 19.7 Å². The van der Waals surface area contributed by atoms with Crippen LogP contribution in [0.2, 0.25) is 0 Å². The van der Waals surface area contributed by atoms with Crippen molar-refractivity contribution in [1.82, 2.24) is 14.0 Å². The average molecular weight is 301 g/mol. The molecule has 0 radical (unpaired) electrons. The molecule has 0 aliphatic rings.